The fraction of sp³-hybridized carbons (Fsp3) is 0. The van der Waals surface area contributed by atoms with Crippen LogP contribution in [0.5, 0.6) is 0 Å². The normalized spacial score (nSPS) is 11.3. The Labute approximate surface area is 280 Å². The van der Waals surface area contributed by atoms with E-state index in [2.05, 4.69) is 204 Å². The highest BCUT2D eigenvalue weighted by Gasteiger charge is 2.19. The number of pyridine rings is 1. The fourth-order valence-corrected chi connectivity index (χ4v) is 7.08. The molecule has 0 atom stereocenters. The van der Waals surface area contributed by atoms with E-state index < -0.39 is 0 Å². The molecule has 9 aromatic rings. The van der Waals surface area contributed by atoms with Crippen LogP contribution in [0.25, 0.3) is 60.6 Å². The molecule has 0 aliphatic carbocycles. The summed E-state index contributed by atoms with van der Waals surface area (Å²) >= 11 is 0. The quantitative estimate of drug-likeness (QED) is 0.181. The van der Waals surface area contributed by atoms with Gasteiger partial charge in [0, 0.05) is 39.6 Å². The third-order valence-electron chi connectivity index (χ3n) is 9.39. The van der Waals surface area contributed by atoms with Gasteiger partial charge < -0.3 is 9.30 Å². The number of anilines is 3. The van der Waals surface area contributed by atoms with Crippen LogP contribution in [0.1, 0.15) is 0 Å². The second kappa shape index (κ2) is 11.8. The number of hydrogen-bond donors (Lipinski definition) is 0. The molecule has 2 aromatic heterocycles. The Morgan fingerprint density at radius 3 is 1.42 bits per heavy atom. The number of para-hydroxylation sites is 1. The van der Waals surface area contributed by atoms with Crippen molar-refractivity contribution in [1.82, 2.24) is 4.40 Å². The summed E-state index contributed by atoms with van der Waals surface area (Å²) < 4.78 is 2.36. The fourth-order valence-electron chi connectivity index (χ4n) is 7.08. The Bertz CT molecular complexity index is 2430. The zero-order valence-corrected chi connectivity index (χ0v) is 26.4. The van der Waals surface area contributed by atoms with Gasteiger partial charge in [-0.1, -0.05) is 140 Å². The van der Waals surface area contributed by atoms with Crippen LogP contribution in [0.3, 0.4) is 0 Å². The molecule has 2 heteroatoms. The molecule has 0 saturated heterocycles. The van der Waals surface area contributed by atoms with E-state index in [-0.39, 0.29) is 0 Å². The van der Waals surface area contributed by atoms with Crippen molar-refractivity contribution in [3.8, 4) is 33.4 Å². The van der Waals surface area contributed by atoms with Gasteiger partial charge >= 0.3 is 0 Å². The van der Waals surface area contributed by atoms with Gasteiger partial charge in [-0.05, 0) is 81.7 Å². The Balaban J connectivity index is 1.25. The lowest BCUT2D eigenvalue weighted by Gasteiger charge is -2.26. The van der Waals surface area contributed by atoms with Gasteiger partial charge in [-0.15, -0.1) is 0 Å². The molecule has 0 bridgehead atoms. The minimum absolute atomic E-state index is 1.11. The Morgan fingerprint density at radius 1 is 0.354 bits per heavy atom. The highest BCUT2D eigenvalue weighted by molar-refractivity contribution is 6.15. The highest BCUT2D eigenvalue weighted by atomic mass is 15.1. The third kappa shape index (κ3) is 4.83. The van der Waals surface area contributed by atoms with E-state index in [0.717, 1.165) is 17.1 Å². The Kier molecular flexibility index (Phi) is 6.84. The summed E-state index contributed by atoms with van der Waals surface area (Å²) in [4.78, 5) is 2.37. The van der Waals surface area contributed by atoms with E-state index in [1.165, 1.54) is 60.6 Å². The number of aromatic nitrogens is 1. The molecule has 48 heavy (non-hydrogen) atoms. The number of rotatable bonds is 6. The molecule has 7 aromatic carbocycles. The second-order valence-corrected chi connectivity index (χ2v) is 12.2. The second-order valence-electron chi connectivity index (χ2n) is 12.2. The summed E-state index contributed by atoms with van der Waals surface area (Å²) in [6, 6.07) is 67.6. The molecule has 226 valence electrons. The van der Waals surface area contributed by atoms with Crippen LogP contribution in [0, 0.1) is 0 Å². The van der Waals surface area contributed by atoms with E-state index in [1.54, 1.807) is 0 Å². The van der Waals surface area contributed by atoms with Crippen molar-refractivity contribution >= 4 is 44.3 Å². The first kappa shape index (κ1) is 27.9. The molecule has 2 nitrogen and oxygen atoms in total. The number of benzene rings is 7. The molecule has 0 aliphatic heterocycles. The maximum atomic E-state index is 2.37. The molecule has 0 fully saturated rings. The van der Waals surface area contributed by atoms with E-state index in [0.29, 0.717) is 0 Å². The van der Waals surface area contributed by atoms with Gasteiger partial charge in [0.25, 0.3) is 0 Å². The molecular formula is C46H32N2. The molecule has 0 unspecified atom stereocenters. The smallest absolute Gasteiger partial charge is 0.0620 e. The van der Waals surface area contributed by atoms with Gasteiger partial charge in [-0.3, -0.25) is 0 Å². The summed E-state index contributed by atoms with van der Waals surface area (Å²) in [6.07, 6.45) is 2.22. The summed E-state index contributed by atoms with van der Waals surface area (Å²) in [5.41, 5.74) is 13.1. The average Bonchev–Trinajstić information content (AvgIpc) is 3.52. The number of hydrogen-bond acceptors (Lipinski definition) is 1. The van der Waals surface area contributed by atoms with E-state index in [4.69, 9.17) is 0 Å². The predicted molar refractivity (Wildman–Crippen MR) is 203 cm³/mol. The lowest BCUT2D eigenvalue weighted by molar-refractivity contribution is 1.26. The van der Waals surface area contributed by atoms with E-state index in [1.807, 2.05) is 0 Å². The van der Waals surface area contributed by atoms with Crippen molar-refractivity contribution in [3.63, 3.8) is 0 Å². The number of fused-ring (bicyclic) bond motifs is 5. The van der Waals surface area contributed by atoms with Crippen LogP contribution in [0.4, 0.5) is 17.1 Å². The van der Waals surface area contributed by atoms with E-state index >= 15 is 0 Å². The van der Waals surface area contributed by atoms with Gasteiger partial charge in [0.2, 0.25) is 0 Å². The van der Waals surface area contributed by atoms with Crippen molar-refractivity contribution in [1.29, 1.82) is 0 Å². The largest absolute Gasteiger partial charge is 0.315 e. The van der Waals surface area contributed by atoms with E-state index in [9.17, 15) is 0 Å². The zero-order chi connectivity index (χ0) is 31.9. The molecule has 0 amide bonds. The van der Waals surface area contributed by atoms with Crippen molar-refractivity contribution in [3.05, 3.63) is 194 Å². The van der Waals surface area contributed by atoms with Gasteiger partial charge in [-0.25, -0.2) is 0 Å². The molecule has 0 spiro atoms. The Hall–Kier alpha value is -6.38. The van der Waals surface area contributed by atoms with Gasteiger partial charge in [0.05, 0.1) is 11.0 Å². The average molecular weight is 613 g/mol. The van der Waals surface area contributed by atoms with Crippen molar-refractivity contribution in [2.24, 2.45) is 0 Å². The van der Waals surface area contributed by atoms with Crippen molar-refractivity contribution in [2.45, 2.75) is 0 Å². The van der Waals surface area contributed by atoms with Crippen molar-refractivity contribution < 1.29 is 0 Å². The standard InChI is InChI=1S/C46H32N2/c1-4-12-33(13-5-1)35-20-25-39(26-21-35)48(40-27-22-36(23-28-40)34-14-6-2-7-15-34)41-29-24-37-30-31-47-44-19-11-10-18-42(44)45(46(47)43(37)32-41)38-16-8-3-9-17-38/h1-32H. The first-order chi connectivity index (χ1) is 23.8. The topological polar surface area (TPSA) is 7.65 Å². The van der Waals surface area contributed by atoms with Gasteiger partial charge in [0.1, 0.15) is 0 Å². The molecule has 0 saturated carbocycles. The first-order valence-corrected chi connectivity index (χ1v) is 16.4. The Morgan fingerprint density at radius 2 is 0.833 bits per heavy atom. The lowest BCUT2D eigenvalue weighted by Crippen LogP contribution is -2.10. The molecular weight excluding hydrogens is 581 g/mol. The number of nitrogens with zero attached hydrogens (tertiary/aromatic N) is 2. The van der Waals surface area contributed by atoms with Crippen LogP contribution in [0.15, 0.2) is 194 Å². The minimum atomic E-state index is 1.11. The summed E-state index contributed by atoms with van der Waals surface area (Å²) in [5, 5.41) is 3.69. The molecule has 0 N–H and O–H groups in total. The molecule has 2 heterocycles. The van der Waals surface area contributed by atoms with Crippen LogP contribution in [-0.2, 0) is 0 Å². The molecule has 0 aliphatic rings. The van der Waals surface area contributed by atoms with Gasteiger partial charge in [-0.2, -0.15) is 0 Å². The first-order valence-electron chi connectivity index (χ1n) is 16.4. The SMILES string of the molecule is c1ccc(-c2ccc(N(c3ccc(-c4ccccc4)cc3)c3ccc4ccn5c6ccccc6c(-c6ccccc6)c5c4c3)cc2)cc1. The zero-order valence-electron chi connectivity index (χ0n) is 26.4. The lowest BCUT2D eigenvalue weighted by atomic mass is 9.99. The summed E-state index contributed by atoms with van der Waals surface area (Å²) in [7, 11) is 0. The van der Waals surface area contributed by atoms with Crippen molar-refractivity contribution in [2.75, 3.05) is 4.90 Å². The summed E-state index contributed by atoms with van der Waals surface area (Å²) in [6.45, 7) is 0. The van der Waals surface area contributed by atoms with Crippen LogP contribution in [0.2, 0.25) is 0 Å². The highest BCUT2D eigenvalue weighted by Crippen LogP contribution is 2.42. The maximum absolute atomic E-state index is 2.37. The van der Waals surface area contributed by atoms with Gasteiger partial charge in [0.15, 0.2) is 0 Å². The molecule has 9 rings (SSSR count). The summed E-state index contributed by atoms with van der Waals surface area (Å²) in [5.74, 6) is 0. The minimum Gasteiger partial charge on any atom is -0.315 e. The maximum Gasteiger partial charge on any atom is 0.0620 e. The predicted octanol–water partition coefficient (Wildman–Crippen LogP) is 12.7. The van der Waals surface area contributed by atoms with Crippen LogP contribution >= 0.6 is 0 Å². The van der Waals surface area contributed by atoms with Crippen LogP contribution < -0.4 is 4.90 Å². The molecule has 0 radical (unpaired) electrons. The van der Waals surface area contributed by atoms with Crippen LogP contribution in [-0.4, -0.2) is 4.40 Å². The monoisotopic (exact) mass is 612 g/mol. The third-order valence-corrected chi connectivity index (χ3v) is 9.39.